The average Bonchev–Trinajstić information content (AvgIpc) is 3.14. The van der Waals surface area contributed by atoms with Crippen LogP contribution in [0.25, 0.3) is 11.3 Å². The van der Waals surface area contributed by atoms with Gasteiger partial charge in [-0.25, -0.2) is 9.97 Å². The molecular weight excluding hydrogens is 394 g/mol. The summed E-state index contributed by atoms with van der Waals surface area (Å²) >= 11 is 0. The molecule has 0 saturated heterocycles. The standard InChI is InChI=1S/C22H25N7O2/c1-30-18-7-4-8-19(31-16-6-3-2-5-14(24)9-16)22(18)17-10-20(29-28-17)27-21-13-25-15(11-23)12-26-21/h4,7-8,10,12-14,16H,2-3,5-6,9,24H2,1H3,(H2,26,27,28,29)/t14-,16-/m1/s1. The van der Waals surface area contributed by atoms with E-state index in [9.17, 15) is 0 Å². The van der Waals surface area contributed by atoms with Crippen LogP contribution in [0.5, 0.6) is 11.5 Å². The Kier molecular flexibility index (Phi) is 6.29. The summed E-state index contributed by atoms with van der Waals surface area (Å²) in [4.78, 5) is 8.16. The molecule has 0 aliphatic heterocycles. The van der Waals surface area contributed by atoms with E-state index in [2.05, 4.69) is 25.5 Å². The molecule has 4 N–H and O–H groups in total. The fraction of sp³-hybridized carbons (Fsp3) is 0.364. The Morgan fingerprint density at radius 2 is 2.00 bits per heavy atom. The fourth-order valence-electron chi connectivity index (χ4n) is 3.78. The molecule has 0 spiro atoms. The van der Waals surface area contributed by atoms with Gasteiger partial charge in [0.25, 0.3) is 0 Å². The lowest BCUT2D eigenvalue weighted by Crippen LogP contribution is -2.27. The van der Waals surface area contributed by atoms with Gasteiger partial charge in [-0.1, -0.05) is 12.5 Å². The number of aromatic nitrogens is 4. The Balaban J connectivity index is 1.59. The van der Waals surface area contributed by atoms with Crippen molar-refractivity contribution >= 4 is 11.6 Å². The summed E-state index contributed by atoms with van der Waals surface area (Å²) in [7, 11) is 1.63. The van der Waals surface area contributed by atoms with Crippen molar-refractivity contribution in [3.63, 3.8) is 0 Å². The first-order valence-electron chi connectivity index (χ1n) is 10.3. The zero-order chi connectivity index (χ0) is 21.6. The third-order valence-electron chi connectivity index (χ3n) is 5.29. The molecule has 160 valence electrons. The topological polar surface area (TPSA) is 135 Å². The van der Waals surface area contributed by atoms with Crippen molar-refractivity contribution in [1.29, 1.82) is 5.26 Å². The number of hydrogen-bond acceptors (Lipinski definition) is 8. The Morgan fingerprint density at radius 1 is 1.16 bits per heavy atom. The van der Waals surface area contributed by atoms with E-state index in [4.69, 9.17) is 20.5 Å². The zero-order valence-electron chi connectivity index (χ0n) is 17.3. The summed E-state index contributed by atoms with van der Waals surface area (Å²) < 4.78 is 12.0. The molecule has 1 aliphatic rings. The Morgan fingerprint density at radius 3 is 2.77 bits per heavy atom. The highest BCUT2D eigenvalue weighted by Gasteiger charge is 2.22. The number of anilines is 2. The normalized spacial score (nSPS) is 18.6. The van der Waals surface area contributed by atoms with Crippen molar-refractivity contribution in [1.82, 2.24) is 20.2 Å². The van der Waals surface area contributed by atoms with E-state index in [0.717, 1.165) is 49.1 Å². The molecule has 0 bridgehead atoms. The molecule has 1 aromatic carbocycles. The van der Waals surface area contributed by atoms with E-state index in [1.165, 1.54) is 12.4 Å². The number of nitrogens with zero attached hydrogens (tertiary/aromatic N) is 4. The molecule has 9 heteroatoms. The largest absolute Gasteiger partial charge is 0.496 e. The first-order chi connectivity index (χ1) is 15.2. The molecule has 2 aromatic heterocycles. The molecule has 31 heavy (non-hydrogen) atoms. The molecule has 0 amide bonds. The van der Waals surface area contributed by atoms with Crippen molar-refractivity contribution in [3.8, 4) is 28.8 Å². The van der Waals surface area contributed by atoms with Crippen LogP contribution in [0, 0.1) is 11.3 Å². The van der Waals surface area contributed by atoms with Crippen LogP contribution in [0.4, 0.5) is 11.6 Å². The van der Waals surface area contributed by atoms with Gasteiger partial charge in [0.2, 0.25) is 0 Å². The van der Waals surface area contributed by atoms with E-state index in [0.29, 0.717) is 17.4 Å². The Labute approximate surface area is 180 Å². The van der Waals surface area contributed by atoms with Crippen LogP contribution in [0.15, 0.2) is 36.7 Å². The number of ether oxygens (including phenoxy) is 2. The third-order valence-corrected chi connectivity index (χ3v) is 5.29. The summed E-state index contributed by atoms with van der Waals surface area (Å²) in [5.74, 6) is 2.46. The monoisotopic (exact) mass is 419 g/mol. The molecule has 3 aromatic rings. The smallest absolute Gasteiger partial charge is 0.158 e. The van der Waals surface area contributed by atoms with Crippen molar-refractivity contribution in [3.05, 3.63) is 42.4 Å². The van der Waals surface area contributed by atoms with Gasteiger partial charge in [0, 0.05) is 12.1 Å². The van der Waals surface area contributed by atoms with Crippen molar-refractivity contribution < 1.29 is 9.47 Å². The van der Waals surface area contributed by atoms with Crippen LogP contribution in [0.2, 0.25) is 0 Å². The Bertz CT molecular complexity index is 1060. The van der Waals surface area contributed by atoms with Crippen LogP contribution < -0.4 is 20.5 Å². The molecule has 1 fully saturated rings. The molecule has 1 saturated carbocycles. The third kappa shape index (κ3) is 4.92. The summed E-state index contributed by atoms with van der Waals surface area (Å²) in [6.45, 7) is 0. The second kappa shape index (κ2) is 9.45. The van der Waals surface area contributed by atoms with Crippen molar-refractivity contribution in [2.45, 2.75) is 44.2 Å². The van der Waals surface area contributed by atoms with E-state index in [1.54, 1.807) is 7.11 Å². The molecule has 0 radical (unpaired) electrons. The predicted octanol–water partition coefficient (Wildman–Crippen LogP) is 3.53. The van der Waals surface area contributed by atoms with Gasteiger partial charge < -0.3 is 20.5 Å². The number of methoxy groups -OCH3 is 1. The van der Waals surface area contributed by atoms with Gasteiger partial charge in [-0.15, -0.1) is 0 Å². The van der Waals surface area contributed by atoms with Crippen LogP contribution in [0.1, 0.15) is 37.8 Å². The lowest BCUT2D eigenvalue weighted by Gasteiger charge is -2.22. The SMILES string of the molecule is COc1cccc(O[C@@H]2CCCC[C@@H](N)C2)c1-c1cc(Nc2cnc(C#N)cn2)n[nH]1. The highest BCUT2D eigenvalue weighted by atomic mass is 16.5. The maximum absolute atomic E-state index is 8.85. The quantitative estimate of drug-likeness (QED) is 0.517. The van der Waals surface area contributed by atoms with Crippen LogP contribution in [0.3, 0.4) is 0 Å². The number of nitriles is 1. The second-order valence-corrected chi connectivity index (χ2v) is 7.54. The minimum Gasteiger partial charge on any atom is -0.496 e. The number of hydrogen-bond donors (Lipinski definition) is 3. The first-order valence-corrected chi connectivity index (χ1v) is 10.3. The lowest BCUT2D eigenvalue weighted by atomic mass is 10.1. The van der Waals surface area contributed by atoms with Gasteiger partial charge in [0.05, 0.1) is 30.8 Å². The number of benzene rings is 1. The van der Waals surface area contributed by atoms with Gasteiger partial charge in [-0.05, 0) is 37.8 Å². The maximum atomic E-state index is 8.85. The molecule has 9 nitrogen and oxygen atoms in total. The van der Waals surface area contributed by atoms with Crippen molar-refractivity contribution in [2.24, 2.45) is 5.73 Å². The highest BCUT2D eigenvalue weighted by molar-refractivity contribution is 5.76. The molecule has 4 rings (SSSR count). The Hall–Kier alpha value is -3.64. The number of H-pyrrole nitrogens is 1. The summed E-state index contributed by atoms with van der Waals surface area (Å²) in [6.07, 6.45) is 8.07. The molecule has 0 unspecified atom stereocenters. The summed E-state index contributed by atoms with van der Waals surface area (Å²) in [6, 6.07) is 9.70. The van der Waals surface area contributed by atoms with Crippen LogP contribution in [-0.2, 0) is 0 Å². The number of rotatable bonds is 6. The van der Waals surface area contributed by atoms with Crippen LogP contribution >= 0.6 is 0 Å². The second-order valence-electron chi connectivity index (χ2n) is 7.54. The van der Waals surface area contributed by atoms with E-state index in [1.807, 2.05) is 30.3 Å². The fourth-order valence-corrected chi connectivity index (χ4v) is 3.78. The molecule has 1 aliphatic carbocycles. The van der Waals surface area contributed by atoms with Gasteiger partial charge in [0.15, 0.2) is 11.5 Å². The molecule has 2 atom stereocenters. The van der Waals surface area contributed by atoms with Crippen molar-refractivity contribution in [2.75, 3.05) is 12.4 Å². The number of nitrogens with two attached hydrogens (primary N) is 1. The van der Waals surface area contributed by atoms with Gasteiger partial charge in [-0.3, -0.25) is 5.10 Å². The summed E-state index contributed by atoms with van der Waals surface area (Å²) in [5, 5.41) is 19.3. The van der Waals surface area contributed by atoms with Crippen LogP contribution in [-0.4, -0.2) is 39.4 Å². The number of nitrogens with one attached hydrogen (secondary N) is 2. The van der Waals surface area contributed by atoms with Gasteiger partial charge >= 0.3 is 0 Å². The van der Waals surface area contributed by atoms with E-state index >= 15 is 0 Å². The minimum atomic E-state index is 0.0674. The first kappa shape index (κ1) is 20.6. The van der Waals surface area contributed by atoms with E-state index < -0.39 is 0 Å². The highest BCUT2D eigenvalue weighted by Crippen LogP contribution is 2.39. The van der Waals surface area contributed by atoms with E-state index in [-0.39, 0.29) is 17.8 Å². The predicted molar refractivity (Wildman–Crippen MR) is 116 cm³/mol. The molecule has 2 heterocycles. The maximum Gasteiger partial charge on any atom is 0.158 e. The molecular formula is C22H25N7O2. The lowest BCUT2D eigenvalue weighted by molar-refractivity contribution is 0.178. The summed E-state index contributed by atoms with van der Waals surface area (Å²) in [5.41, 5.74) is 8.02. The van der Waals surface area contributed by atoms with Gasteiger partial charge in [0.1, 0.15) is 29.5 Å². The van der Waals surface area contributed by atoms with Gasteiger partial charge in [-0.2, -0.15) is 10.4 Å². The number of aromatic amines is 1. The average molecular weight is 419 g/mol. The minimum absolute atomic E-state index is 0.0674. The zero-order valence-corrected chi connectivity index (χ0v) is 17.3.